The molecular formula is C12H12O7. The summed E-state index contributed by atoms with van der Waals surface area (Å²) in [5.74, 6) is -3.81. The molecule has 0 aliphatic rings. The summed E-state index contributed by atoms with van der Waals surface area (Å²) in [5.41, 5.74) is -1.18. The fraction of sp³-hybridized carbons (Fsp3) is 0.250. The standard InChI is InChI=1S/C12H12O7/c1-5(13)9(14)10(15)8-4-6(11(16)17)2-3-7(8)12(18)19/h2-5,9,13-14H,1H3,(H,16,17)(H,18,19). The molecule has 0 saturated carbocycles. The topological polar surface area (TPSA) is 132 Å². The van der Waals surface area contributed by atoms with Crippen molar-refractivity contribution in [2.24, 2.45) is 0 Å². The maximum atomic E-state index is 11.8. The van der Waals surface area contributed by atoms with Crippen LogP contribution in [0.15, 0.2) is 18.2 Å². The minimum absolute atomic E-state index is 0.286. The van der Waals surface area contributed by atoms with Crippen LogP contribution in [0.1, 0.15) is 38.0 Å². The van der Waals surface area contributed by atoms with Gasteiger partial charge in [0.15, 0.2) is 5.78 Å². The minimum Gasteiger partial charge on any atom is -0.478 e. The quantitative estimate of drug-likeness (QED) is 0.553. The molecule has 7 nitrogen and oxygen atoms in total. The van der Waals surface area contributed by atoms with Crippen molar-refractivity contribution in [2.45, 2.75) is 19.1 Å². The van der Waals surface area contributed by atoms with Crippen LogP contribution in [0, 0.1) is 0 Å². The monoisotopic (exact) mass is 268 g/mol. The number of benzene rings is 1. The van der Waals surface area contributed by atoms with Gasteiger partial charge in [-0.05, 0) is 25.1 Å². The molecule has 0 aliphatic carbocycles. The average molecular weight is 268 g/mol. The summed E-state index contributed by atoms with van der Waals surface area (Å²) in [6.07, 6.45) is -3.22. The molecule has 7 heteroatoms. The molecule has 0 aromatic heterocycles. The van der Waals surface area contributed by atoms with Crippen molar-refractivity contribution < 1.29 is 34.8 Å². The van der Waals surface area contributed by atoms with E-state index in [0.717, 1.165) is 25.1 Å². The molecule has 102 valence electrons. The molecule has 2 atom stereocenters. The summed E-state index contributed by atoms with van der Waals surface area (Å²) in [6.45, 7) is 1.16. The molecular weight excluding hydrogens is 256 g/mol. The highest BCUT2D eigenvalue weighted by Crippen LogP contribution is 2.16. The molecule has 0 fully saturated rings. The van der Waals surface area contributed by atoms with E-state index >= 15 is 0 Å². The van der Waals surface area contributed by atoms with Crippen LogP contribution in [0.25, 0.3) is 0 Å². The van der Waals surface area contributed by atoms with Crippen LogP contribution in [0.4, 0.5) is 0 Å². The van der Waals surface area contributed by atoms with E-state index < -0.39 is 41.1 Å². The van der Waals surface area contributed by atoms with Crippen LogP contribution in [0.2, 0.25) is 0 Å². The van der Waals surface area contributed by atoms with Crippen molar-refractivity contribution in [2.75, 3.05) is 0 Å². The average Bonchev–Trinajstić information content (AvgIpc) is 2.35. The fourth-order valence-electron chi connectivity index (χ4n) is 1.45. The second kappa shape index (κ2) is 5.59. The lowest BCUT2D eigenvalue weighted by Gasteiger charge is -2.14. The van der Waals surface area contributed by atoms with E-state index in [9.17, 15) is 19.5 Å². The zero-order valence-electron chi connectivity index (χ0n) is 9.90. The predicted molar refractivity (Wildman–Crippen MR) is 62.4 cm³/mol. The number of hydrogen-bond acceptors (Lipinski definition) is 5. The normalized spacial score (nSPS) is 13.6. The first-order valence-corrected chi connectivity index (χ1v) is 5.26. The third-order valence-corrected chi connectivity index (χ3v) is 2.49. The van der Waals surface area contributed by atoms with Gasteiger partial charge in [0.1, 0.15) is 6.10 Å². The zero-order chi connectivity index (χ0) is 14.7. The highest BCUT2D eigenvalue weighted by molar-refractivity contribution is 6.09. The number of aliphatic hydroxyl groups is 2. The first-order valence-electron chi connectivity index (χ1n) is 5.26. The Morgan fingerprint density at radius 1 is 1.00 bits per heavy atom. The van der Waals surface area contributed by atoms with Crippen molar-refractivity contribution in [1.82, 2.24) is 0 Å². The lowest BCUT2D eigenvalue weighted by molar-refractivity contribution is 0.0287. The van der Waals surface area contributed by atoms with Gasteiger partial charge in [0.2, 0.25) is 0 Å². The number of hydrogen-bond donors (Lipinski definition) is 4. The van der Waals surface area contributed by atoms with Crippen LogP contribution in [0.5, 0.6) is 0 Å². The summed E-state index contributed by atoms with van der Waals surface area (Å²) in [5, 5.41) is 36.3. The molecule has 1 rings (SSSR count). The van der Waals surface area contributed by atoms with Gasteiger partial charge in [0.05, 0.1) is 17.2 Å². The van der Waals surface area contributed by atoms with Gasteiger partial charge in [-0.2, -0.15) is 0 Å². The molecule has 0 spiro atoms. The highest BCUT2D eigenvalue weighted by atomic mass is 16.4. The number of carboxylic acids is 2. The predicted octanol–water partition coefficient (Wildman–Crippen LogP) is 0.00740. The number of carbonyl (C=O) groups excluding carboxylic acids is 1. The van der Waals surface area contributed by atoms with Gasteiger partial charge in [-0.25, -0.2) is 9.59 Å². The summed E-state index contributed by atoms with van der Waals surface area (Å²) in [4.78, 5) is 33.6. The van der Waals surface area contributed by atoms with E-state index in [4.69, 9.17) is 15.3 Å². The summed E-state index contributed by atoms with van der Waals surface area (Å²) >= 11 is 0. The second-order valence-electron chi connectivity index (χ2n) is 3.92. The Morgan fingerprint density at radius 2 is 1.58 bits per heavy atom. The van der Waals surface area contributed by atoms with Gasteiger partial charge < -0.3 is 20.4 Å². The van der Waals surface area contributed by atoms with Crippen molar-refractivity contribution >= 4 is 17.7 Å². The lowest BCUT2D eigenvalue weighted by Crippen LogP contribution is -2.32. The smallest absolute Gasteiger partial charge is 0.336 e. The third kappa shape index (κ3) is 3.15. The first kappa shape index (κ1) is 14.8. The molecule has 0 radical (unpaired) electrons. The van der Waals surface area contributed by atoms with Crippen LogP contribution >= 0.6 is 0 Å². The fourth-order valence-corrected chi connectivity index (χ4v) is 1.45. The van der Waals surface area contributed by atoms with E-state index in [1.54, 1.807) is 0 Å². The molecule has 0 saturated heterocycles. The van der Waals surface area contributed by atoms with E-state index in [2.05, 4.69) is 0 Å². The molecule has 4 N–H and O–H groups in total. The Balaban J connectivity index is 3.36. The number of carbonyl (C=O) groups is 3. The van der Waals surface area contributed by atoms with Gasteiger partial charge in [0, 0.05) is 5.56 Å². The third-order valence-electron chi connectivity index (χ3n) is 2.49. The molecule has 2 unspecified atom stereocenters. The van der Waals surface area contributed by atoms with Gasteiger partial charge in [0.25, 0.3) is 0 Å². The Bertz CT molecular complexity index is 533. The number of aromatic carboxylic acids is 2. The minimum atomic E-state index is -1.82. The molecule has 0 bridgehead atoms. The van der Waals surface area contributed by atoms with Gasteiger partial charge >= 0.3 is 11.9 Å². The Morgan fingerprint density at radius 3 is 2.00 bits per heavy atom. The molecule has 0 amide bonds. The maximum absolute atomic E-state index is 11.8. The molecule has 19 heavy (non-hydrogen) atoms. The van der Waals surface area contributed by atoms with Crippen LogP contribution < -0.4 is 0 Å². The maximum Gasteiger partial charge on any atom is 0.336 e. The van der Waals surface area contributed by atoms with Crippen LogP contribution in [-0.4, -0.2) is 50.4 Å². The van der Waals surface area contributed by atoms with E-state index in [-0.39, 0.29) is 5.56 Å². The van der Waals surface area contributed by atoms with Crippen molar-refractivity contribution in [3.05, 3.63) is 34.9 Å². The Kier molecular flexibility index (Phi) is 4.36. The van der Waals surface area contributed by atoms with Gasteiger partial charge in [-0.15, -0.1) is 0 Å². The summed E-state index contributed by atoms with van der Waals surface area (Å²) in [7, 11) is 0. The van der Waals surface area contributed by atoms with Crippen LogP contribution in [-0.2, 0) is 0 Å². The summed E-state index contributed by atoms with van der Waals surface area (Å²) in [6, 6.07) is 2.87. The second-order valence-corrected chi connectivity index (χ2v) is 3.92. The van der Waals surface area contributed by atoms with Crippen molar-refractivity contribution in [3.8, 4) is 0 Å². The molecule has 1 aromatic rings. The summed E-state index contributed by atoms with van der Waals surface area (Å²) < 4.78 is 0. The highest BCUT2D eigenvalue weighted by Gasteiger charge is 2.27. The van der Waals surface area contributed by atoms with Crippen LogP contribution in [0.3, 0.4) is 0 Å². The molecule has 0 heterocycles. The molecule has 1 aromatic carbocycles. The number of Topliss-reactive ketones (excluding diaryl/α,β-unsaturated/α-hetero) is 1. The molecule has 0 aliphatic heterocycles. The van der Waals surface area contributed by atoms with Gasteiger partial charge in [-0.1, -0.05) is 0 Å². The SMILES string of the molecule is CC(O)C(O)C(=O)c1cc(C(=O)O)ccc1C(=O)O. The van der Waals surface area contributed by atoms with E-state index in [1.807, 2.05) is 0 Å². The number of rotatable bonds is 5. The Hall–Kier alpha value is -2.25. The number of aliphatic hydroxyl groups excluding tert-OH is 2. The largest absolute Gasteiger partial charge is 0.478 e. The van der Waals surface area contributed by atoms with Crippen molar-refractivity contribution in [1.29, 1.82) is 0 Å². The zero-order valence-corrected chi connectivity index (χ0v) is 9.90. The number of ketones is 1. The van der Waals surface area contributed by atoms with E-state index in [1.165, 1.54) is 0 Å². The number of carboxylic acid groups (broad SMARTS) is 2. The Labute approximate surface area is 107 Å². The van der Waals surface area contributed by atoms with Gasteiger partial charge in [-0.3, -0.25) is 4.79 Å². The van der Waals surface area contributed by atoms with Crippen molar-refractivity contribution in [3.63, 3.8) is 0 Å². The lowest BCUT2D eigenvalue weighted by atomic mass is 9.96. The van der Waals surface area contributed by atoms with E-state index in [0.29, 0.717) is 0 Å². The first-order chi connectivity index (χ1) is 8.75.